The number of nitrogens with one attached hydrogen (secondary N) is 1. The molecule has 0 atom stereocenters. The second kappa shape index (κ2) is 3.59. The number of para-hydroxylation sites is 1. The molecule has 0 amide bonds. The minimum Gasteiger partial charge on any atom is -0.382 e. The fourth-order valence-electron chi connectivity index (χ4n) is 2.08. The maximum absolute atomic E-state index is 5.55. The van der Waals surface area contributed by atoms with E-state index in [9.17, 15) is 0 Å². The zero-order chi connectivity index (χ0) is 11.8. The SMILES string of the molecule is Cc1[nH]c2ccccc2c1-c1ccc(N)nn1. The number of benzene rings is 1. The highest BCUT2D eigenvalue weighted by Gasteiger charge is 2.11. The normalized spacial score (nSPS) is 10.9. The van der Waals surface area contributed by atoms with Crippen LogP contribution in [0.25, 0.3) is 22.2 Å². The van der Waals surface area contributed by atoms with Crippen molar-refractivity contribution >= 4 is 16.7 Å². The summed E-state index contributed by atoms with van der Waals surface area (Å²) < 4.78 is 0. The predicted molar refractivity (Wildman–Crippen MR) is 68.5 cm³/mol. The molecule has 84 valence electrons. The van der Waals surface area contributed by atoms with E-state index in [1.807, 2.05) is 25.1 Å². The Morgan fingerprint density at radius 2 is 1.88 bits per heavy atom. The van der Waals surface area contributed by atoms with Crippen molar-refractivity contribution in [1.82, 2.24) is 15.2 Å². The summed E-state index contributed by atoms with van der Waals surface area (Å²) in [5.41, 5.74) is 9.68. The van der Waals surface area contributed by atoms with Crippen LogP contribution in [0, 0.1) is 6.92 Å². The van der Waals surface area contributed by atoms with Gasteiger partial charge in [-0.2, -0.15) is 0 Å². The van der Waals surface area contributed by atoms with Crippen LogP contribution >= 0.6 is 0 Å². The first-order valence-electron chi connectivity index (χ1n) is 5.42. The lowest BCUT2D eigenvalue weighted by Gasteiger charge is -2.00. The monoisotopic (exact) mass is 224 g/mol. The Morgan fingerprint density at radius 1 is 1.06 bits per heavy atom. The summed E-state index contributed by atoms with van der Waals surface area (Å²) in [6.07, 6.45) is 0. The Kier molecular flexibility index (Phi) is 2.08. The van der Waals surface area contributed by atoms with Gasteiger partial charge in [-0.25, -0.2) is 0 Å². The average molecular weight is 224 g/mol. The van der Waals surface area contributed by atoms with Gasteiger partial charge in [0.1, 0.15) is 5.82 Å². The molecule has 4 heteroatoms. The molecular weight excluding hydrogens is 212 g/mol. The molecule has 0 unspecified atom stereocenters. The van der Waals surface area contributed by atoms with Gasteiger partial charge in [0.2, 0.25) is 0 Å². The van der Waals surface area contributed by atoms with E-state index in [1.54, 1.807) is 6.07 Å². The third-order valence-corrected chi connectivity index (χ3v) is 2.83. The largest absolute Gasteiger partial charge is 0.382 e. The van der Waals surface area contributed by atoms with E-state index < -0.39 is 0 Å². The topological polar surface area (TPSA) is 67.6 Å². The molecule has 0 aliphatic heterocycles. The Balaban J connectivity index is 2.29. The van der Waals surface area contributed by atoms with Crippen molar-refractivity contribution in [1.29, 1.82) is 0 Å². The van der Waals surface area contributed by atoms with Crippen LogP contribution in [0.4, 0.5) is 5.82 Å². The number of nitrogen functional groups attached to an aromatic ring is 1. The lowest BCUT2D eigenvalue weighted by Crippen LogP contribution is -1.94. The minimum atomic E-state index is 0.436. The van der Waals surface area contributed by atoms with Gasteiger partial charge in [-0.15, -0.1) is 10.2 Å². The Bertz CT molecular complexity index is 667. The second-order valence-electron chi connectivity index (χ2n) is 4.01. The number of nitrogens with two attached hydrogens (primary N) is 1. The van der Waals surface area contributed by atoms with Crippen molar-refractivity contribution < 1.29 is 0 Å². The number of fused-ring (bicyclic) bond motifs is 1. The van der Waals surface area contributed by atoms with Crippen LogP contribution in [-0.4, -0.2) is 15.2 Å². The van der Waals surface area contributed by atoms with Crippen LogP contribution in [0.5, 0.6) is 0 Å². The summed E-state index contributed by atoms with van der Waals surface area (Å²) in [5.74, 6) is 0.436. The number of H-pyrrole nitrogens is 1. The number of hydrogen-bond acceptors (Lipinski definition) is 3. The molecule has 2 aromatic heterocycles. The molecule has 0 spiro atoms. The summed E-state index contributed by atoms with van der Waals surface area (Å²) in [5, 5.41) is 9.19. The van der Waals surface area contributed by atoms with Gasteiger partial charge in [0.15, 0.2) is 0 Å². The van der Waals surface area contributed by atoms with E-state index in [1.165, 1.54) is 0 Å². The summed E-state index contributed by atoms with van der Waals surface area (Å²) in [6.45, 7) is 2.04. The lowest BCUT2D eigenvalue weighted by atomic mass is 10.1. The van der Waals surface area contributed by atoms with Crippen LogP contribution in [0.1, 0.15) is 5.69 Å². The number of nitrogens with zero attached hydrogens (tertiary/aromatic N) is 2. The highest BCUT2D eigenvalue weighted by molar-refractivity contribution is 5.96. The highest BCUT2D eigenvalue weighted by Crippen LogP contribution is 2.30. The highest BCUT2D eigenvalue weighted by atomic mass is 15.1. The van der Waals surface area contributed by atoms with Crippen molar-refractivity contribution in [2.75, 3.05) is 5.73 Å². The van der Waals surface area contributed by atoms with Crippen LogP contribution in [-0.2, 0) is 0 Å². The first-order chi connectivity index (χ1) is 8.25. The van der Waals surface area contributed by atoms with E-state index in [4.69, 9.17) is 5.73 Å². The lowest BCUT2D eigenvalue weighted by molar-refractivity contribution is 1.05. The summed E-state index contributed by atoms with van der Waals surface area (Å²) in [7, 11) is 0. The summed E-state index contributed by atoms with van der Waals surface area (Å²) >= 11 is 0. The third-order valence-electron chi connectivity index (χ3n) is 2.83. The van der Waals surface area contributed by atoms with Crippen LogP contribution in [0.2, 0.25) is 0 Å². The van der Waals surface area contributed by atoms with Crippen LogP contribution < -0.4 is 5.73 Å². The molecule has 0 aliphatic rings. The van der Waals surface area contributed by atoms with Gasteiger partial charge in [0, 0.05) is 22.2 Å². The molecule has 17 heavy (non-hydrogen) atoms. The van der Waals surface area contributed by atoms with E-state index >= 15 is 0 Å². The maximum atomic E-state index is 5.55. The second-order valence-corrected chi connectivity index (χ2v) is 4.01. The van der Waals surface area contributed by atoms with Gasteiger partial charge >= 0.3 is 0 Å². The number of aromatic nitrogens is 3. The molecule has 0 bridgehead atoms. The molecule has 4 nitrogen and oxygen atoms in total. The van der Waals surface area contributed by atoms with Gasteiger partial charge in [-0.05, 0) is 25.1 Å². The Hall–Kier alpha value is -2.36. The molecule has 0 fully saturated rings. The van der Waals surface area contributed by atoms with Crippen molar-refractivity contribution in [2.45, 2.75) is 6.92 Å². The first kappa shape index (κ1) is 9.84. The Labute approximate surface area is 98.5 Å². The minimum absolute atomic E-state index is 0.436. The number of rotatable bonds is 1. The van der Waals surface area contributed by atoms with Gasteiger partial charge in [0.25, 0.3) is 0 Å². The van der Waals surface area contributed by atoms with E-state index in [2.05, 4.69) is 27.3 Å². The van der Waals surface area contributed by atoms with Gasteiger partial charge < -0.3 is 10.7 Å². The molecule has 2 heterocycles. The van der Waals surface area contributed by atoms with Crippen LogP contribution in [0.15, 0.2) is 36.4 Å². The quantitative estimate of drug-likeness (QED) is 0.667. The smallest absolute Gasteiger partial charge is 0.146 e. The maximum Gasteiger partial charge on any atom is 0.146 e. The number of aryl methyl sites for hydroxylation is 1. The van der Waals surface area contributed by atoms with Gasteiger partial charge in [-0.1, -0.05) is 18.2 Å². The third kappa shape index (κ3) is 1.54. The van der Waals surface area contributed by atoms with Crippen molar-refractivity contribution in [3.63, 3.8) is 0 Å². The summed E-state index contributed by atoms with van der Waals surface area (Å²) in [4.78, 5) is 3.34. The van der Waals surface area contributed by atoms with E-state index in [-0.39, 0.29) is 0 Å². The predicted octanol–water partition coefficient (Wildman–Crippen LogP) is 2.52. The molecule has 0 radical (unpaired) electrons. The van der Waals surface area contributed by atoms with E-state index in [0.29, 0.717) is 5.82 Å². The summed E-state index contributed by atoms with van der Waals surface area (Å²) in [6, 6.07) is 11.8. The number of anilines is 1. The molecular formula is C13H12N4. The first-order valence-corrected chi connectivity index (χ1v) is 5.42. The van der Waals surface area contributed by atoms with E-state index in [0.717, 1.165) is 27.9 Å². The zero-order valence-electron chi connectivity index (χ0n) is 9.44. The molecule has 3 aromatic rings. The molecule has 3 N–H and O–H groups in total. The fourth-order valence-corrected chi connectivity index (χ4v) is 2.08. The number of hydrogen-bond donors (Lipinski definition) is 2. The standard InChI is InChI=1S/C13H12N4/c1-8-13(11-6-7-12(14)17-16-11)9-4-2-3-5-10(9)15-8/h2-7,15H,1H3,(H2,14,17). The van der Waals surface area contributed by atoms with Crippen molar-refractivity contribution in [3.05, 3.63) is 42.1 Å². The average Bonchev–Trinajstić information content (AvgIpc) is 2.66. The van der Waals surface area contributed by atoms with Crippen molar-refractivity contribution in [3.8, 4) is 11.3 Å². The molecule has 3 rings (SSSR count). The molecule has 1 aromatic carbocycles. The number of aromatic amines is 1. The zero-order valence-corrected chi connectivity index (χ0v) is 9.44. The van der Waals surface area contributed by atoms with Crippen molar-refractivity contribution in [2.24, 2.45) is 0 Å². The molecule has 0 saturated heterocycles. The van der Waals surface area contributed by atoms with Gasteiger partial charge in [-0.3, -0.25) is 0 Å². The molecule has 0 aliphatic carbocycles. The fraction of sp³-hybridized carbons (Fsp3) is 0.0769. The Morgan fingerprint density at radius 3 is 2.65 bits per heavy atom. The van der Waals surface area contributed by atoms with Crippen LogP contribution in [0.3, 0.4) is 0 Å². The van der Waals surface area contributed by atoms with Gasteiger partial charge in [0.05, 0.1) is 5.69 Å². The molecule has 0 saturated carbocycles.